The second-order valence-electron chi connectivity index (χ2n) is 4.72. The molecule has 1 aromatic carbocycles. The van der Waals surface area contributed by atoms with Crippen LogP contribution in [0, 0.1) is 6.92 Å². The van der Waals surface area contributed by atoms with Gasteiger partial charge in [-0.05, 0) is 31.9 Å². The standard InChI is InChI=1S/C14H23NOS/c1-9-7-5-6-8-13(9)14(10(2)15)17-12(4)11(3)16/h5-8,10-12,14,16H,15H2,1-4H3. The molecule has 3 N–H and O–H groups in total. The molecular formula is C14H23NOS. The molecule has 0 radical (unpaired) electrons. The predicted molar refractivity (Wildman–Crippen MR) is 76.3 cm³/mol. The number of benzene rings is 1. The molecule has 4 unspecified atom stereocenters. The van der Waals surface area contributed by atoms with E-state index in [9.17, 15) is 5.11 Å². The lowest BCUT2D eigenvalue weighted by molar-refractivity contribution is 0.196. The van der Waals surface area contributed by atoms with Crippen LogP contribution in [-0.2, 0) is 0 Å². The minimum Gasteiger partial charge on any atom is -0.392 e. The number of nitrogens with two attached hydrogens (primary N) is 1. The van der Waals surface area contributed by atoms with Crippen molar-refractivity contribution >= 4 is 11.8 Å². The van der Waals surface area contributed by atoms with E-state index in [0.717, 1.165) is 0 Å². The normalized spacial score (nSPS) is 18.5. The molecule has 17 heavy (non-hydrogen) atoms. The van der Waals surface area contributed by atoms with Gasteiger partial charge < -0.3 is 10.8 Å². The van der Waals surface area contributed by atoms with Crippen LogP contribution < -0.4 is 5.73 Å². The Hall–Kier alpha value is -0.510. The molecule has 0 saturated carbocycles. The van der Waals surface area contributed by atoms with Crippen molar-refractivity contribution in [1.29, 1.82) is 0 Å². The first-order chi connectivity index (χ1) is 7.93. The Kier molecular flexibility index (Phi) is 5.50. The van der Waals surface area contributed by atoms with Crippen LogP contribution in [0.4, 0.5) is 0 Å². The first kappa shape index (κ1) is 14.6. The SMILES string of the molecule is Cc1ccccc1C(SC(C)C(C)O)C(C)N. The summed E-state index contributed by atoms with van der Waals surface area (Å²) in [6.07, 6.45) is -0.315. The van der Waals surface area contributed by atoms with Gasteiger partial charge >= 0.3 is 0 Å². The molecule has 0 amide bonds. The van der Waals surface area contributed by atoms with Crippen LogP contribution in [-0.4, -0.2) is 22.5 Å². The highest BCUT2D eigenvalue weighted by atomic mass is 32.2. The van der Waals surface area contributed by atoms with E-state index in [4.69, 9.17) is 5.73 Å². The van der Waals surface area contributed by atoms with E-state index in [0.29, 0.717) is 0 Å². The molecule has 1 rings (SSSR count). The molecule has 1 aromatic rings. The Balaban J connectivity index is 2.91. The lowest BCUT2D eigenvalue weighted by Gasteiger charge is -2.27. The third-order valence-corrected chi connectivity index (χ3v) is 4.81. The quantitative estimate of drug-likeness (QED) is 0.848. The van der Waals surface area contributed by atoms with Crippen molar-refractivity contribution < 1.29 is 5.11 Å². The number of thioether (sulfide) groups is 1. The monoisotopic (exact) mass is 253 g/mol. The van der Waals surface area contributed by atoms with E-state index in [2.05, 4.69) is 19.1 Å². The maximum atomic E-state index is 9.61. The van der Waals surface area contributed by atoms with Crippen LogP contribution in [0.2, 0.25) is 0 Å². The largest absolute Gasteiger partial charge is 0.392 e. The van der Waals surface area contributed by atoms with Crippen LogP contribution in [0.1, 0.15) is 37.1 Å². The lowest BCUT2D eigenvalue weighted by atomic mass is 10.0. The van der Waals surface area contributed by atoms with Gasteiger partial charge in [-0.25, -0.2) is 0 Å². The Morgan fingerprint density at radius 1 is 1.18 bits per heavy atom. The van der Waals surface area contributed by atoms with Gasteiger partial charge in [0.25, 0.3) is 0 Å². The minimum atomic E-state index is -0.315. The zero-order chi connectivity index (χ0) is 13.0. The van der Waals surface area contributed by atoms with E-state index in [1.54, 1.807) is 11.8 Å². The van der Waals surface area contributed by atoms with Crippen molar-refractivity contribution in [3.8, 4) is 0 Å². The summed E-state index contributed by atoms with van der Waals surface area (Å²) < 4.78 is 0. The molecule has 0 spiro atoms. The van der Waals surface area contributed by atoms with Gasteiger partial charge in [0.15, 0.2) is 0 Å². The molecule has 0 aliphatic carbocycles. The van der Waals surface area contributed by atoms with E-state index in [1.165, 1.54) is 11.1 Å². The van der Waals surface area contributed by atoms with Crippen molar-refractivity contribution in [3.05, 3.63) is 35.4 Å². The first-order valence-electron chi connectivity index (χ1n) is 6.08. The fourth-order valence-corrected chi connectivity index (χ4v) is 3.08. The molecule has 0 aliphatic rings. The summed E-state index contributed by atoms with van der Waals surface area (Å²) in [4.78, 5) is 0. The number of aryl methyl sites for hydroxylation is 1. The van der Waals surface area contributed by atoms with E-state index in [1.807, 2.05) is 32.9 Å². The van der Waals surface area contributed by atoms with Gasteiger partial charge in [0.1, 0.15) is 0 Å². The molecule has 0 heterocycles. The van der Waals surface area contributed by atoms with Gasteiger partial charge in [0.2, 0.25) is 0 Å². The number of hydrogen-bond acceptors (Lipinski definition) is 3. The van der Waals surface area contributed by atoms with Crippen LogP contribution in [0.15, 0.2) is 24.3 Å². The summed E-state index contributed by atoms with van der Waals surface area (Å²) in [5.41, 5.74) is 8.63. The van der Waals surface area contributed by atoms with Gasteiger partial charge in [-0.1, -0.05) is 31.2 Å². The summed E-state index contributed by atoms with van der Waals surface area (Å²) in [5, 5.41) is 10.0. The summed E-state index contributed by atoms with van der Waals surface area (Å²) >= 11 is 1.75. The summed E-state index contributed by atoms with van der Waals surface area (Å²) in [6.45, 7) is 8.01. The van der Waals surface area contributed by atoms with Crippen LogP contribution >= 0.6 is 11.8 Å². The smallest absolute Gasteiger partial charge is 0.0628 e. The van der Waals surface area contributed by atoms with Crippen molar-refractivity contribution in [3.63, 3.8) is 0 Å². The van der Waals surface area contributed by atoms with Crippen molar-refractivity contribution in [2.75, 3.05) is 0 Å². The Morgan fingerprint density at radius 2 is 1.76 bits per heavy atom. The summed E-state index contributed by atoms with van der Waals surface area (Å²) in [7, 11) is 0. The third kappa shape index (κ3) is 4.02. The second-order valence-corrected chi connectivity index (χ2v) is 6.24. The zero-order valence-electron chi connectivity index (χ0n) is 11.1. The highest BCUT2D eigenvalue weighted by molar-refractivity contribution is 8.00. The third-order valence-electron chi connectivity index (χ3n) is 3.01. The zero-order valence-corrected chi connectivity index (χ0v) is 11.9. The van der Waals surface area contributed by atoms with Crippen molar-refractivity contribution in [2.24, 2.45) is 5.73 Å². The van der Waals surface area contributed by atoms with Crippen LogP contribution in [0.3, 0.4) is 0 Å². The fraction of sp³-hybridized carbons (Fsp3) is 0.571. The van der Waals surface area contributed by atoms with E-state index in [-0.39, 0.29) is 22.6 Å². The van der Waals surface area contributed by atoms with Gasteiger partial charge in [0.05, 0.1) is 6.10 Å². The molecule has 2 nitrogen and oxygen atoms in total. The van der Waals surface area contributed by atoms with Crippen LogP contribution in [0.25, 0.3) is 0 Å². The average molecular weight is 253 g/mol. The number of aliphatic hydroxyl groups excluding tert-OH is 1. The molecule has 0 aliphatic heterocycles. The summed E-state index contributed by atoms with van der Waals surface area (Å²) in [6, 6.07) is 8.40. The molecule has 0 fully saturated rings. The number of rotatable bonds is 5. The van der Waals surface area contributed by atoms with Crippen molar-refractivity contribution in [2.45, 2.75) is 50.3 Å². The maximum absolute atomic E-state index is 9.61. The average Bonchev–Trinajstić information content (AvgIpc) is 2.26. The lowest BCUT2D eigenvalue weighted by Crippen LogP contribution is -2.27. The topological polar surface area (TPSA) is 46.2 Å². The summed E-state index contributed by atoms with van der Waals surface area (Å²) in [5.74, 6) is 0. The van der Waals surface area contributed by atoms with Crippen molar-refractivity contribution in [1.82, 2.24) is 0 Å². The van der Waals surface area contributed by atoms with Crippen LogP contribution in [0.5, 0.6) is 0 Å². The Morgan fingerprint density at radius 3 is 2.24 bits per heavy atom. The Bertz CT molecular complexity index is 352. The molecule has 0 saturated heterocycles. The minimum absolute atomic E-state index is 0.0716. The molecule has 4 atom stereocenters. The fourth-order valence-electron chi connectivity index (χ4n) is 1.73. The molecule has 3 heteroatoms. The molecule has 0 aromatic heterocycles. The van der Waals surface area contributed by atoms with Gasteiger partial charge in [0, 0.05) is 16.5 Å². The first-order valence-corrected chi connectivity index (χ1v) is 7.02. The van der Waals surface area contributed by atoms with Gasteiger partial charge in [-0.15, -0.1) is 11.8 Å². The number of hydrogen-bond donors (Lipinski definition) is 2. The molecule has 0 bridgehead atoms. The number of aliphatic hydroxyl groups is 1. The maximum Gasteiger partial charge on any atom is 0.0628 e. The van der Waals surface area contributed by atoms with Gasteiger partial charge in [-0.2, -0.15) is 0 Å². The van der Waals surface area contributed by atoms with E-state index < -0.39 is 0 Å². The molecule has 96 valence electrons. The Labute approximate surface area is 109 Å². The highest BCUT2D eigenvalue weighted by Crippen LogP contribution is 2.36. The van der Waals surface area contributed by atoms with Gasteiger partial charge in [-0.3, -0.25) is 0 Å². The molecular weight excluding hydrogens is 230 g/mol. The van der Waals surface area contributed by atoms with E-state index >= 15 is 0 Å². The predicted octanol–water partition coefficient (Wildman–Crippen LogP) is 2.89. The highest BCUT2D eigenvalue weighted by Gasteiger charge is 2.23. The second kappa shape index (κ2) is 6.43.